The second-order valence-electron chi connectivity index (χ2n) is 5.00. The maximum atomic E-state index is 11.9. The third-order valence-corrected chi connectivity index (χ3v) is 4.34. The molecule has 1 aromatic heterocycles. The third kappa shape index (κ3) is 4.86. The molecule has 23 heavy (non-hydrogen) atoms. The fraction of sp³-hybridized carbons (Fsp3) is 0.278. The van der Waals surface area contributed by atoms with Gasteiger partial charge in [-0.3, -0.25) is 4.79 Å². The quantitative estimate of drug-likeness (QED) is 0.839. The number of aryl methyl sites for hydroxylation is 1. The van der Waals surface area contributed by atoms with Crippen molar-refractivity contribution in [3.63, 3.8) is 0 Å². The first-order valence-corrected chi connectivity index (χ1v) is 8.25. The largest absolute Gasteiger partial charge is 0.493 e. The first-order valence-electron chi connectivity index (χ1n) is 7.37. The summed E-state index contributed by atoms with van der Waals surface area (Å²) in [7, 11) is 1.58. The van der Waals surface area contributed by atoms with Crippen LogP contribution in [0.5, 0.6) is 11.5 Å². The first kappa shape index (κ1) is 17.1. The number of benzene rings is 1. The molecule has 4 nitrogen and oxygen atoms in total. The van der Waals surface area contributed by atoms with Gasteiger partial charge >= 0.3 is 0 Å². The van der Waals surface area contributed by atoms with Gasteiger partial charge in [0.05, 0.1) is 13.7 Å². The Bertz CT molecular complexity index is 691. The predicted octanol–water partition coefficient (Wildman–Crippen LogP) is 3.79. The predicted molar refractivity (Wildman–Crippen MR) is 94.1 cm³/mol. The molecule has 0 unspecified atom stereocenters. The number of allylic oxidation sites excluding steroid dienone is 1. The maximum absolute atomic E-state index is 11.9. The van der Waals surface area contributed by atoms with Gasteiger partial charge in [0.25, 0.3) is 5.91 Å². The number of thiophene rings is 1. The molecule has 0 saturated carbocycles. The summed E-state index contributed by atoms with van der Waals surface area (Å²) in [4.78, 5) is 13.1. The van der Waals surface area contributed by atoms with Crippen molar-refractivity contribution < 1.29 is 14.3 Å². The van der Waals surface area contributed by atoms with E-state index in [0.29, 0.717) is 18.0 Å². The van der Waals surface area contributed by atoms with E-state index >= 15 is 0 Å². The van der Waals surface area contributed by atoms with Crippen molar-refractivity contribution in [3.05, 3.63) is 51.7 Å². The molecule has 1 aromatic carbocycles. The monoisotopic (exact) mass is 331 g/mol. The van der Waals surface area contributed by atoms with Crippen LogP contribution >= 0.6 is 11.3 Å². The number of hydrogen-bond acceptors (Lipinski definition) is 4. The number of methoxy groups -OCH3 is 1. The van der Waals surface area contributed by atoms with Gasteiger partial charge in [-0.25, -0.2) is 0 Å². The van der Waals surface area contributed by atoms with E-state index in [1.165, 1.54) is 5.56 Å². The van der Waals surface area contributed by atoms with E-state index in [4.69, 9.17) is 9.47 Å². The van der Waals surface area contributed by atoms with Gasteiger partial charge in [0.15, 0.2) is 18.1 Å². The molecule has 0 saturated heterocycles. The molecule has 0 atom stereocenters. The summed E-state index contributed by atoms with van der Waals surface area (Å²) in [6.07, 6.45) is 3.93. The molecule has 1 heterocycles. The van der Waals surface area contributed by atoms with Crippen molar-refractivity contribution in [2.24, 2.45) is 0 Å². The van der Waals surface area contributed by atoms with Gasteiger partial charge in [0.2, 0.25) is 0 Å². The molecule has 122 valence electrons. The third-order valence-electron chi connectivity index (χ3n) is 3.32. The molecule has 0 aliphatic heterocycles. The first-order chi connectivity index (χ1) is 11.1. The zero-order valence-electron chi connectivity index (χ0n) is 13.6. The molecule has 0 aliphatic carbocycles. The second kappa shape index (κ2) is 8.39. The van der Waals surface area contributed by atoms with Crippen LogP contribution in [-0.2, 0) is 11.3 Å². The molecular weight excluding hydrogens is 310 g/mol. The zero-order valence-corrected chi connectivity index (χ0v) is 14.4. The van der Waals surface area contributed by atoms with Gasteiger partial charge in [0, 0.05) is 4.88 Å². The van der Waals surface area contributed by atoms with Gasteiger partial charge < -0.3 is 14.8 Å². The fourth-order valence-electron chi connectivity index (χ4n) is 2.06. The van der Waals surface area contributed by atoms with Gasteiger partial charge in [0.1, 0.15) is 0 Å². The number of carbonyl (C=O) groups is 1. The lowest BCUT2D eigenvalue weighted by molar-refractivity contribution is -0.123. The van der Waals surface area contributed by atoms with Gasteiger partial charge in [-0.15, -0.1) is 11.3 Å². The van der Waals surface area contributed by atoms with Crippen LogP contribution in [0.4, 0.5) is 0 Å². The summed E-state index contributed by atoms with van der Waals surface area (Å²) >= 11 is 1.64. The Kier molecular flexibility index (Phi) is 6.23. The van der Waals surface area contributed by atoms with Gasteiger partial charge in [-0.1, -0.05) is 18.2 Å². The zero-order chi connectivity index (χ0) is 16.7. The van der Waals surface area contributed by atoms with Crippen molar-refractivity contribution in [3.8, 4) is 11.5 Å². The number of nitrogens with one attached hydrogen (secondary N) is 1. The number of hydrogen-bond donors (Lipinski definition) is 1. The van der Waals surface area contributed by atoms with Crippen LogP contribution in [0.2, 0.25) is 0 Å². The number of rotatable bonds is 7. The van der Waals surface area contributed by atoms with E-state index in [2.05, 4.69) is 5.32 Å². The normalized spacial score (nSPS) is 10.7. The average molecular weight is 331 g/mol. The molecule has 1 amide bonds. The Morgan fingerprint density at radius 2 is 2.13 bits per heavy atom. The van der Waals surface area contributed by atoms with E-state index in [-0.39, 0.29) is 12.5 Å². The van der Waals surface area contributed by atoms with Crippen LogP contribution in [0.25, 0.3) is 6.08 Å². The average Bonchev–Trinajstić information content (AvgIpc) is 2.97. The maximum Gasteiger partial charge on any atom is 0.258 e. The van der Waals surface area contributed by atoms with Crippen LogP contribution in [-0.4, -0.2) is 19.6 Å². The second-order valence-corrected chi connectivity index (χ2v) is 6.00. The van der Waals surface area contributed by atoms with Crippen LogP contribution in [0.15, 0.2) is 35.7 Å². The molecule has 2 rings (SSSR count). The smallest absolute Gasteiger partial charge is 0.258 e. The standard InChI is InChI=1S/C18H21NO3S/c1-4-5-14-6-7-15(16(10-14)21-3)22-12-18(20)19-11-17-13(2)8-9-23-17/h4-10H,11-12H2,1-3H3,(H,19,20)/b5-4+. The number of amides is 1. The minimum absolute atomic E-state index is 0.0379. The minimum Gasteiger partial charge on any atom is -0.493 e. The Morgan fingerprint density at radius 3 is 2.78 bits per heavy atom. The van der Waals surface area contributed by atoms with Crippen molar-refractivity contribution in [2.75, 3.05) is 13.7 Å². The Balaban J connectivity index is 1.89. The summed E-state index contributed by atoms with van der Waals surface area (Å²) in [6.45, 7) is 4.48. The van der Waals surface area contributed by atoms with Crippen molar-refractivity contribution in [2.45, 2.75) is 20.4 Å². The van der Waals surface area contributed by atoms with Gasteiger partial charge in [-0.05, 0) is 48.6 Å². The number of ether oxygens (including phenoxy) is 2. The summed E-state index contributed by atoms with van der Waals surface area (Å²) < 4.78 is 10.9. The summed E-state index contributed by atoms with van der Waals surface area (Å²) in [5.41, 5.74) is 2.21. The molecule has 0 bridgehead atoms. The van der Waals surface area contributed by atoms with E-state index in [1.807, 2.05) is 55.6 Å². The highest BCUT2D eigenvalue weighted by atomic mass is 32.1. The molecule has 1 N–H and O–H groups in total. The van der Waals surface area contributed by atoms with Crippen LogP contribution < -0.4 is 14.8 Å². The summed E-state index contributed by atoms with van der Waals surface area (Å²) in [5, 5.41) is 4.88. The molecule has 2 aromatic rings. The van der Waals surface area contributed by atoms with E-state index in [9.17, 15) is 4.79 Å². The van der Waals surface area contributed by atoms with E-state index in [0.717, 1.165) is 10.4 Å². The molecule has 0 radical (unpaired) electrons. The SMILES string of the molecule is C/C=C/c1ccc(OCC(=O)NCc2sccc2C)c(OC)c1. The molecule has 0 fully saturated rings. The lowest BCUT2D eigenvalue weighted by Crippen LogP contribution is -2.28. The van der Waals surface area contributed by atoms with Crippen molar-refractivity contribution in [1.29, 1.82) is 0 Å². The number of carbonyl (C=O) groups excluding carboxylic acids is 1. The highest BCUT2D eigenvalue weighted by Crippen LogP contribution is 2.28. The highest BCUT2D eigenvalue weighted by molar-refractivity contribution is 7.10. The highest BCUT2D eigenvalue weighted by Gasteiger charge is 2.09. The van der Waals surface area contributed by atoms with E-state index < -0.39 is 0 Å². The fourth-order valence-corrected chi connectivity index (χ4v) is 2.90. The van der Waals surface area contributed by atoms with Crippen LogP contribution in [0.3, 0.4) is 0 Å². The summed E-state index contributed by atoms with van der Waals surface area (Å²) in [5.74, 6) is 1.02. The van der Waals surface area contributed by atoms with Crippen LogP contribution in [0.1, 0.15) is 22.9 Å². The van der Waals surface area contributed by atoms with Crippen molar-refractivity contribution >= 4 is 23.3 Å². The molecule has 0 aliphatic rings. The lowest BCUT2D eigenvalue weighted by Gasteiger charge is -2.11. The van der Waals surface area contributed by atoms with E-state index in [1.54, 1.807) is 18.4 Å². The molecular formula is C18H21NO3S. The topological polar surface area (TPSA) is 47.6 Å². The Hall–Kier alpha value is -2.27. The summed E-state index contributed by atoms with van der Waals surface area (Å²) in [6, 6.07) is 7.65. The van der Waals surface area contributed by atoms with Crippen molar-refractivity contribution in [1.82, 2.24) is 5.32 Å². The van der Waals surface area contributed by atoms with Gasteiger partial charge in [-0.2, -0.15) is 0 Å². The Labute approximate surface area is 140 Å². The molecule has 0 spiro atoms. The van der Waals surface area contributed by atoms with Crippen LogP contribution in [0, 0.1) is 6.92 Å². The minimum atomic E-state index is -0.155. The molecule has 5 heteroatoms. The lowest BCUT2D eigenvalue weighted by atomic mass is 10.2. The Morgan fingerprint density at radius 1 is 1.30 bits per heavy atom.